The lowest BCUT2D eigenvalue weighted by atomic mass is 9.74. The number of rotatable bonds is 0. The van der Waals surface area contributed by atoms with E-state index in [0.29, 0.717) is 5.92 Å². The van der Waals surface area contributed by atoms with E-state index < -0.39 is 0 Å². The van der Waals surface area contributed by atoms with Crippen molar-refractivity contribution in [3.05, 3.63) is 34.8 Å². The number of hydrogen-bond donors (Lipinski definition) is 0. The van der Waals surface area contributed by atoms with Gasteiger partial charge in [-0.3, -0.25) is 4.79 Å². The van der Waals surface area contributed by atoms with Gasteiger partial charge in [-0.15, -0.1) is 0 Å². The van der Waals surface area contributed by atoms with Gasteiger partial charge in [0.1, 0.15) is 5.76 Å². The first kappa shape index (κ1) is 10.8. The summed E-state index contributed by atoms with van der Waals surface area (Å²) in [5.41, 5.74) is 3.04. The Hall–Kier alpha value is -1.31. The van der Waals surface area contributed by atoms with Crippen LogP contribution in [-0.2, 0) is 5.41 Å². The molecule has 2 nitrogen and oxygen atoms in total. The second kappa shape index (κ2) is 3.34. The monoisotopic (exact) mass is 230 g/mol. The van der Waals surface area contributed by atoms with Crippen LogP contribution < -0.4 is 0 Å². The first-order valence-corrected chi connectivity index (χ1v) is 6.35. The molecule has 0 N–H and O–H groups in total. The Bertz CT molecular complexity index is 521. The quantitative estimate of drug-likeness (QED) is 0.678. The second-order valence-electron chi connectivity index (χ2n) is 5.74. The number of carbonyl (C=O) groups is 1. The fraction of sp³-hybridized carbons (Fsp3) is 0.533. The number of allylic oxidation sites excluding steroid dienone is 2. The van der Waals surface area contributed by atoms with E-state index in [1.54, 1.807) is 6.26 Å². The van der Waals surface area contributed by atoms with Crippen molar-refractivity contribution in [1.82, 2.24) is 0 Å². The molecule has 3 rings (SSSR count). The molecule has 1 aromatic heterocycles. The zero-order valence-electron chi connectivity index (χ0n) is 10.7. The standard InChI is InChI=1S/C15H18O2/c1-9-7-12(16)13-10(2)8-17-14(13)15(3)6-4-5-11(9)15/h7-8,11H,4-6H2,1-3H3. The number of hydrogen-bond acceptors (Lipinski definition) is 2. The normalized spacial score (nSPS) is 31.8. The number of carbonyl (C=O) groups excluding carboxylic acids is 1. The topological polar surface area (TPSA) is 30.2 Å². The van der Waals surface area contributed by atoms with Gasteiger partial charge in [0.05, 0.1) is 11.8 Å². The molecular weight excluding hydrogens is 212 g/mol. The van der Waals surface area contributed by atoms with Crippen LogP contribution >= 0.6 is 0 Å². The molecule has 0 aliphatic heterocycles. The minimum atomic E-state index is 0.0241. The molecule has 0 bridgehead atoms. The summed E-state index contributed by atoms with van der Waals surface area (Å²) in [5.74, 6) is 1.52. The predicted molar refractivity (Wildman–Crippen MR) is 66.2 cm³/mol. The molecule has 0 amide bonds. The SMILES string of the molecule is CC1=CC(=O)c2c(C)coc2C2(C)CCCC12. The molecule has 90 valence electrons. The third-order valence-corrected chi connectivity index (χ3v) is 4.61. The van der Waals surface area contributed by atoms with E-state index in [9.17, 15) is 4.79 Å². The van der Waals surface area contributed by atoms with Gasteiger partial charge in [0.25, 0.3) is 0 Å². The molecule has 1 fully saturated rings. The van der Waals surface area contributed by atoms with Gasteiger partial charge < -0.3 is 4.42 Å². The lowest BCUT2D eigenvalue weighted by Gasteiger charge is -2.29. The van der Waals surface area contributed by atoms with Crippen molar-refractivity contribution in [3.8, 4) is 0 Å². The molecule has 2 heteroatoms. The van der Waals surface area contributed by atoms with Crippen LogP contribution in [0.3, 0.4) is 0 Å². The average molecular weight is 230 g/mol. The van der Waals surface area contributed by atoms with Crippen LogP contribution in [0.15, 0.2) is 22.3 Å². The minimum Gasteiger partial charge on any atom is -0.468 e. The highest BCUT2D eigenvalue weighted by atomic mass is 16.3. The second-order valence-corrected chi connectivity index (χ2v) is 5.74. The van der Waals surface area contributed by atoms with Crippen molar-refractivity contribution >= 4 is 5.78 Å². The molecule has 0 saturated heterocycles. The van der Waals surface area contributed by atoms with Gasteiger partial charge in [-0.1, -0.05) is 18.9 Å². The van der Waals surface area contributed by atoms with Crippen molar-refractivity contribution < 1.29 is 9.21 Å². The molecule has 1 saturated carbocycles. The Labute approximate surface area is 102 Å². The van der Waals surface area contributed by atoms with Gasteiger partial charge in [-0.2, -0.15) is 0 Å². The summed E-state index contributed by atoms with van der Waals surface area (Å²) in [7, 11) is 0. The number of aryl methyl sites for hydroxylation is 1. The summed E-state index contributed by atoms with van der Waals surface area (Å²) in [6, 6.07) is 0. The zero-order valence-corrected chi connectivity index (χ0v) is 10.7. The Morgan fingerprint density at radius 2 is 2.18 bits per heavy atom. The molecule has 2 aliphatic rings. The Balaban J connectivity index is 2.29. The molecule has 1 heterocycles. The van der Waals surface area contributed by atoms with Crippen LogP contribution in [0.1, 0.15) is 54.8 Å². The fourth-order valence-electron chi connectivity index (χ4n) is 3.72. The van der Waals surface area contributed by atoms with Gasteiger partial charge in [-0.05, 0) is 44.2 Å². The third kappa shape index (κ3) is 1.30. The molecular formula is C15H18O2. The van der Waals surface area contributed by atoms with Crippen molar-refractivity contribution in [3.63, 3.8) is 0 Å². The first-order valence-electron chi connectivity index (χ1n) is 6.35. The van der Waals surface area contributed by atoms with Crippen LogP contribution in [0.4, 0.5) is 0 Å². The molecule has 2 unspecified atom stereocenters. The molecule has 1 aromatic rings. The molecule has 0 spiro atoms. The predicted octanol–water partition coefficient (Wildman–Crippen LogP) is 3.79. The maximum Gasteiger partial charge on any atom is 0.189 e. The van der Waals surface area contributed by atoms with Crippen LogP contribution in [0.25, 0.3) is 0 Å². The highest BCUT2D eigenvalue weighted by Gasteiger charge is 2.47. The summed E-state index contributed by atoms with van der Waals surface area (Å²) >= 11 is 0. The van der Waals surface area contributed by atoms with E-state index in [0.717, 1.165) is 23.3 Å². The molecule has 2 atom stereocenters. The molecule has 2 aliphatic carbocycles. The van der Waals surface area contributed by atoms with Crippen molar-refractivity contribution in [1.29, 1.82) is 0 Å². The summed E-state index contributed by atoms with van der Waals surface area (Å²) in [5, 5.41) is 0. The minimum absolute atomic E-state index is 0.0241. The molecule has 17 heavy (non-hydrogen) atoms. The van der Waals surface area contributed by atoms with E-state index in [2.05, 4.69) is 13.8 Å². The number of fused-ring (bicyclic) bond motifs is 3. The lowest BCUT2D eigenvalue weighted by molar-refractivity contribution is 0.104. The Kier molecular flexibility index (Phi) is 2.13. The highest BCUT2D eigenvalue weighted by molar-refractivity contribution is 6.07. The largest absolute Gasteiger partial charge is 0.468 e. The van der Waals surface area contributed by atoms with E-state index in [4.69, 9.17) is 4.42 Å². The summed E-state index contributed by atoms with van der Waals surface area (Å²) in [6.45, 7) is 6.30. The fourth-order valence-corrected chi connectivity index (χ4v) is 3.72. The number of furan rings is 1. The summed E-state index contributed by atoms with van der Waals surface area (Å²) in [6.07, 6.45) is 7.07. The average Bonchev–Trinajstić information content (AvgIpc) is 2.80. The lowest BCUT2D eigenvalue weighted by Crippen LogP contribution is -2.27. The zero-order chi connectivity index (χ0) is 12.2. The van der Waals surface area contributed by atoms with Crippen LogP contribution in [0, 0.1) is 12.8 Å². The van der Waals surface area contributed by atoms with E-state index in [1.807, 2.05) is 13.0 Å². The number of ketones is 1. The molecule has 0 radical (unpaired) electrons. The van der Waals surface area contributed by atoms with Gasteiger partial charge in [0, 0.05) is 5.41 Å². The summed E-state index contributed by atoms with van der Waals surface area (Å²) < 4.78 is 5.75. The maximum atomic E-state index is 12.2. The van der Waals surface area contributed by atoms with Crippen LogP contribution in [0.5, 0.6) is 0 Å². The molecule has 0 aromatic carbocycles. The van der Waals surface area contributed by atoms with E-state index >= 15 is 0 Å². The van der Waals surface area contributed by atoms with Crippen molar-refractivity contribution in [2.75, 3.05) is 0 Å². The third-order valence-electron chi connectivity index (χ3n) is 4.61. The van der Waals surface area contributed by atoms with Crippen molar-refractivity contribution in [2.24, 2.45) is 5.92 Å². The van der Waals surface area contributed by atoms with Crippen molar-refractivity contribution in [2.45, 2.75) is 45.4 Å². The summed E-state index contributed by atoms with van der Waals surface area (Å²) in [4.78, 5) is 12.2. The Morgan fingerprint density at radius 1 is 1.41 bits per heavy atom. The van der Waals surface area contributed by atoms with Crippen LogP contribution in [0.2, 0.25) is 0 Å². The van der Waals surface area contributed by atoms with Gasteiger partial charge >= 0.3 is 0 Å². The van der Waals surface area contributed by atoms with Gasteiger partial charge in [0.15, 0.2) is 5.78 Å². The van der Waals surface area contributed by atoms with Crippen LogP contribution in [-0.4, -0.2) is 5.78 Å². The van der Waals surface area contributed by atoms with E-state index in [-0.39, 0.29) is 11.2 Å². The first-order chi connectivity index (χ1) is 8.04. The highest BCUT2D eigenvalue weighted by Crippen LogP contribution is 2.51. The van der Waals surface area contributed by atoms with E-state index in [1.165, 1.54) is 18.4 Å². The maximum absolute atomic E-state index is 12.2. The van der Waals surface area contributed by atoms with Gasteiger partial charge in [-0.25, -0.2) is 0 Å². The smallest absolute Gasteiger partial charge is 0.189 e. The Morgan fingerprint density at radius 3 is 2.94 bits per heavy atom. The van der Waals surface area contributed by atoms with Gasteiger partial charge in [0.2, 0.25) is 0 Å².